The van der Waals surface area contributed by atoms with Crippen LogP contribution in [0.25, 0.3) is 11.1 Å². The van der Waals surface area contributed by atoms with E-state index in [1.807, 2.05) is 26.0 Å². The third kappa shape index (κ3) is 1.34. The van der Waals surface area contributed by atoms with Crippen LogP contribution in [0.2, 0.25) is 0 Å². The quantitative estimate of drug-likeness (QED) is 0.620. The zero-order chi connectivity index (χ0) is 11.1. The molecule has 0 unspecified atom stereocenters. The Bertz CT molecular complexity index is 507. The van der Waals surface area contributed by atoms with Gasteiger partial charge in [0.25, 0.3) is 0 Å². The standard InChI is InChI=1S/C14H12O2/c1-9-3-5-11-12-6-4-10(2)8-14(12)16-15-13(11)7-9/h3-8H,1-2H3. The first-order chi connectivity index (χ1) is 7.74. The van der Waals surface area contributed by atoms with Crippen molar-refractivity contribution in [1.82, 2.24) is 0 Å². The zero-order valence-corrected chi connectivity index (χ0v) is 9.28. The average Bonchev–Trinajstić information content (AvgIpc) is 2.28. The lowest BCUT2D eigenvalue weighted by Gasteiger charge is -2.19. The van der Waals surface area contributed by atoms with Gasteiger partial charge in [0.05, 0.1) is 0 Å². The highest BCUT2D eigenvalue weighted by Crippen LogP contribution is 2.41. The number of hydrogen-bond donors (Lipinski definition) is 0. The minimum Gasteiger partial charge on any atom is -0.289 e. The van der Waals surface area contributed by atoms with Crippen LogP contribution in [-0.2, 0) is 0 Å². The van der Waals surface area contributed by atoms with Gasteiger partial charge in [0.2, 0.25) is 0 Å². The van der Waals surface area contributed by atoms with Gasteiger partial charge in [0, 0.05) is 11.1 Å². The molecule has 3 rings (SSSR count). The van der Waals surface area contributed by atoms with Crippen molar-refractivity contribution in [2.45, 2.75) is 13.8 Å². The van der Waals surface area contributed by atoms with E-state index in [1.165, 1.54) is 0 Å². The molecular formula is C14H12O2. The van der Waals surface area contributed by atoms with Crippen LogP contribution in [-0.4, -0.2) is 0 Å². The minimum absolute atomic E-state index is 0.788. The summed E-state index contributed by atoms with van der Waals surface area (Å²) in [6, 6.07) is 12.3. The third-order valence-electron chi connectivity index (χ3n) is 2.79. The molecule has 0 saturated heterocycles. The van der Waals surface area contributed by atoms with E-state index in [9.17, 15) is 0 Å². The first kappa shape index (κ1) is 9.28. The summed E-state index contributed by atoms with van der Waals surface area (Å²) < 4.78 is 0. The lowest BCUT2D eigenvalue weighted by molar-refractivity contribution is -0.102. The van der Waals surface area contributed by atoms with Gasteiger partial charge < -0.3 is 0 Å². The molecule has 0 radical (unpaired) electrons. The van der Waals surface area contributed by atoms with Crippen LogP contribution >= 0.6 is 0 Å². The molecule has 80 valence electrons. The highest BCUT2D eigenvalue weighted by Gasteiger charge is 2.19. The van der Waals surface area contributed by atoms with Gasteiger partial charge in [0.1, 0.15) is 0 Å². The third-order valence-corrected chi connectivity index (χ3v) is 2.79. The van der Waals surface area contributed by atoms with Crippen molar-refractivity contribution < 1.29 is 9.78 Å². The van der Waals surface area contributed by atoms with Gasteiger partial charge in [-0.05, 0) is 37.1 Å². The Morgan fingerprint density at radius 1 is 0.688 bits per heavy atom. The van der Waals surface area contributed by atoms with Crippen LogP contribution in [0.15, 0.2) is 36.4 Å². The average molecular weight is 212 g/mol. The van der Waals surface area contributed by atoms with Gasteiger partial charge in [-0.2, -0.15) is 0 Å². The number of aryl methyl sites for hydroxylation is 2. The van der Waals surface area contributed by atoms with Crippen LogP contribution in [0, 0.1) is 13.8 Å². The van der Waals surface area contributed by atoms with Gasteiger partial charge in [-0.15, -0.1) is 0 Å². The zero-order valence-electron chi connectivity index (χ0n) is 9.28. The Labute approximate surface area is 94.4 Å². The maximum absolute atomic E-state index is 5.29. The topological polar surface area (TPSA) is 18.5 Å². The molecule has 2 heteroatoms. The van der Waals surface area contributed by atoms with Crippen LogP contribution < -0.4 is 9.78 Å². The van der Waals surface area contributed by atoms with E-state index < -0.39 is 0 Å². The summed E-state index contributed by atoms with van der Waals surface area (Å²) in [6.45, 7) is 4.07. The fourth-order valence-corrected chi connectivity index (χ4v) is 1.93. The smallest absolute Gasteiger partial charge is 0.186 e. The summed E-state index contributed by atoms with van der Waals surface area (Å²) in [4.78, 5) is 10.6. The SMILES string of the molecule is Cc1ccc2c(c1)OOc1cc(C)ccc1-2. The van der Waals surface area contributed by atoms with Crippen molar-refractivity contribution in [2.24, 2.45) is 0 Å². The second kappa shape index (κ2) is 3.27. The van der Waals surface area contributed by atoms with Crippen molar-refractivity contribution in [3.8, 4) is 22.6 Å². The van der Waals surface area contributed by atoms with Gasteiger partial charge >= 0.3 is 0 Å². The molecular weight excluding hydrogens is 200 g/mol. The fourth-order valence-electron chi connectivity index (χ4n) is 1.93. The number of hydrogen-bond acceptors (Lipinski definition) is 2. The minimum atomic E-state index is 0.788. The lowest BCUT2D eigenvalue weighted by atomic mass is 10.0. The first-order valence-electron chi connectivity index (χ1n) is 5.30. The van der Waals surface area contributed by atoms with Crippen molar-refractivity contribution in [1.29, 1.82) is 0 Å². The first-order valence-corrected chi connectivity index (χ1v) is 5.30. The molecule has 1 heterocycles. The maximum atomic E-state index is 5.29. The lowest BCUT2D eigenvalue weighted by Crippen LogP contribution is -2.08. The van der Waals surface area contributed by atoms with Gasteiger partial charge in [0.15, 0.2) is 11.5 Å². The van der Waals surface area contributed by atoms with Crippen LogP contribution in [0.5, 0.6) is 11.5 Å². The predicted molar refractivity (Wildman–Crippen MR) is 62.6 cm³/mol. The summed E-state index contributed by atoms with van der Waals surface area (Å²) >= 11 is 0. The largest absolute Gasteiger partial charge is 0.289 e. The predicted octanol–water partition coefficient (Wildman–Crippen LogP) is 3.66. The molecule has 1 aliphatic heterocycles. The molecule has 0 atom stereocenters. The number of rotatable bonds is 0. The molecule has 0 aliphatic carbocycles. The summed E-state index contributed by atoms with van der Waals surface area (Å²) in [6.07, 6.45) is 0. The fraction of sp³-hybridized carbons (Fsp3) is 0.143. The highest BCUT2D eigenvalue weighted by atomic mass is 17.2. The summed E-state index contributed by atoms with van der Waals surface area (Å²) in [5.74, 6) is 1.58. The van der Waals surface area contributed by atoms with E-state index in [0.29, 0.717) is 0 Å². The summed E-state index contributed by atoms with van der Waals surface area (Å²) in [5.41, 5.74) is 4.51. The van der Waals surface area contributed by atoms with E-state index in [2.05, 4.69) is 24.3 Å². The van der Waals surface area contributed by atoms with E-state index in [-0.39, 0.29) is 0 Å². The van der Waals surface area contributed by atoms with Gasteiger partial charge in [-0.25, -0.2) is 0 Å². The van der Waals surface area contributed by atoms with E-state index in [4.69, 9.17) is 9.78 Å². The molecule has 2 aromatic carbocycles. The second-order valence-corrected chi connectivity index (χ2v) is 4.17. The molecule has 1 aliphatic rings. The van der Waals surface area contributed by atoms with E-state index in [0.717, 1.165) is 33.8 Å². The van der Waals surface area contributed by atoms with Gasteiger partial charge in [-0.1, -0.05) is 24.3 Å². The Balaban J connectivity index is 2.23. The molecule has 0 fully saturated rings. The Morgan fingerprint density at radius 2 is 1.12 bits per heavy atom. The Kier molecular flexibility index (Phi) is 1.90. The van der Waals surface area contributed by atoms with Crippen LogP contribution in [0.1, 0.15) is 11.1 Å². The Morgan fingerprint density at radius 3 is 1.56 bits per heavy atom. The van der Waals surface area contributed by atoms with Crippen molar-refractivity contribution in [3.05, 3.63) is 47.5 Å². The molecule has 0 aromatic heterocycles. The highest BCUT2D eigenvalue weighted by molar-refractivity contribution is 5.77. The summed E-state index contributed by atoms with van der Waals surface area (Å²) in [7, 11) is 0. The summed E-state index contributed by atoms with van der Waals surface area (Å²) in [5, 5.41) is 0. The van der Waals surface area contributed by atoms with E-state index >= 15 is 0 Å². The molecule has 0 spiro atoms. The maximum Gasteiger partial charge on any atom is 0.186 e. The molecule has 0 N–H and O–H groups in total. The van der Waals surface area contributed by atoms with E-state index in [1.54, 1.807) is 0 Å². The molecule has 0 bridgehead atoms. The number of fused-ring (bicyclic) bond motifs is 3. The van der Waals surface area contributed by atoms with Gasteiger partial charge in [-0.3, -0.25) is 9.78 Å². The number of benzene rings is 2. The molecule has 2 aromatic rings. The second-order valence-electron chi connectivity index (χ2n) is 4.17. The normalized spacial score (nSPS) is 12.1. The molecule has 16 heavy (non-hydrogen) atoms. The van der Waals surface area contributed by atoms with Crippen LogP contribution in [0.3, 0.4) is 0 Å². The van der Waals surface area contributed by atoms with Crippen LogP contribution in [0.4, 0.5) is 0 Å². The molecule has 0 amide bonds. The van der Waals surface area contributed by atoms with Crippen molar-refractivity contribution in [3.63, 3.8) is 0 Å². The molecule has 0 saturated carbocycles. The molecule has 2 nitrogen and oxygen atoms in total. The van der Waals surface area contributed by atoms with Crippen molar-refractivity contribution >= 4 is 0 Å². The van der Waals surface area contributed by atoms with Crippen molar-refractivity contribution in [2.75, 3.05) is 0 Å². The monoisotopic (exact) mass is 212 g/mol. The Hall–Kier alpha value is -1.96.